The van der Waals surface area contributed by atoms with E-state index >= 15 is 0 Å². The van der Waals surface area contributed by atoms with Gasteiger partial charge in [-0.25, -0.2) is 8.78 Å². The predicted octanol–water partition coefficient (Wildman–Crippen LogP) is 3.36. The normalized spacial score (nSPS) is 10.3. The van der Waals surface area contributed by atoms with Gasteiger partial charge in [0.05, 0.1) is 5.69 Å². The standard InChI is InChI=1S/C15H14F2N2O/c1-2-9-5-3-4-6-10(9)15(20)19-14-12(18)8-7-11(16)13(14)17/h3-8H,2,18H2,1H3,(H,19,20). The average Bonchev–Trinajstić information content (AvgIpc) is 2.47. The number of nitrogen functional groups attached to an aromatic ring is 1. The van der Waals surface area contributed by atoms with Gasteiger partial charge in [0.1, 0.15) is 5.69 Å². The molecule has 104 valence electrons. The molecule has 5 heteroatoms. The number of nitrogens with one attached hydrogen (secondary N) is 1. The number of halogens is 2. The van der Waals surface area contributed by atoms with Crippen molar-refractivity contribution in [2.24, 2.45) is 0 Å². The van der Waals surface area contributed by atoms with Crippen molar-refractivity contribution in [1.82, 2.24) is 0 Å². The number of benzene rings is 2. The molecule has 0 unspecified atom stereocenters. The zero-order valence-electron chi connectivity index (χ0n) is 10.9. The van der Waals surface area contributed by atoms with E-state index in [9.17, 15) is 13.6 Å². The Morgan fingerprint density at radius 1 is 1.20 bits per heavy atom. The number of aryl methyl sites for hydroxylation is 1. The quantitative estimate of drug-likeness (QED) is 0.844. The summed E-state index contributed by atoms with van der Waals surface area (Å²) >= 11 is 0. The third kappa shape index (κ3) is 2.61. The van der Waals surface area contributed by atoms with Crippen molar-refractivity contribution in [2.45, 2.75) is 13.3 Å². The summed E-state index contributed by atoms with van der Waals surface area (Å²) < 4.78 is 26.8. The van der Waals surface area contributed by atoms with Gasteiger partial charge in [-0.05, 0) is 30.2 Å². The molecule has 0 atom stereocenters. The summed E-state index contributed by atoms with van der Waals surface area (Å²) in [6.07, 6.45) is 0.657. The van der Waals surface area contributed by atoms with Gasteiger partial charge in [0.15, 0.2) is 11.6 Å². The second-order valence-electron chi connectivity index (χ2n) is 4.29. The second-order valence-corrected chi connectivity index (χ2v) is 4.29. The van der Waals surface area contributed by atoms with Gasteiger partial charge < -0.3 is 11.1 Å². The lowest BCUT2D eigenvalue weighted by molar-refractivity contribution is 0.102. The van der Waals surface area contributed by atoms with Crippen LogP contribution in [0.5, 0.6) is 0 Å². The van der Waals surface area contributed by atoms with Gasteiger partial charge in [0, 0.05) is 5.56 Å². The molecule has 2 aromatic carbocycles. The summed E-state index contributed by atoms with van der Waals surface area (Å²) in [6.45, 7) is 1.91. The van der Waals surface area contributed by atoms with Crippen molar-refractivity contribution < 1.29 is 13.6 Å². The van der Waals surface area contributed by atoms with Gasteiger partial charge in [-0.15, -0.1) is 0 Å². The van der Waals surface area contributed by atoms with Crippen molar-refractivity contribution >= 4 is 17.3 Å². The van der Waals surface area contributed by atoms with Crippen LogP contribution in [0.25, 0.3) is 0 Å². The Balaban J connectivity index is 2.35. The average molecular weight is 276 g/mol. The summed E-state index contributed by atoms with van der Waals surface area (Å²) in [4.78, 5) is 12.2. The van der Waals surface area contributed by atoms with E-state index in [1.807, 2.05) is 13.0 Å². The highest BCUT2D eigenvalue weighted by Crippen LogP contribution is 2.25. The number of amides is 1. The van der Waals surface area contributed by atoms with Crippen LogP contribution in [0.1, 0.15) is 22.8 Å². The monoisotopic (exact) mass is 276 g/mol. The Kier molecular flexibility index (Phi) is 3.98. The summed E-state index contributed by atoms with van der Waals surface area (Å²) in [6, 6.07) is 9.08. The first-order chi connectivity index (χ1) is 9.54. The third-order valence-corrected chi connectivity index (χ3v) is 3.01. The van der Waals surface area contributed by atoms with Gasteiger partial charge in [0.25, 0.3) is 5.91 Å². The first-order valence-corrected chi connectivity index (χ1v) is 6.17. The number of hydrogen-bond donors (Lipinski definition) is 2. The van der Waals surface area contributed by atoms with E-state index in [0.29, 0.717) is 12.0 Å². The van der Waals surface area contributed by atoms with Crippen LogP contribution in [0.4, 0.5) is 20.2 Å². The molecule has 0 aliphatic rings. The summed E-state index contributed by atoms with van der Waals surface area (Å²) in [5.41, 5.74) is 6.45. The molecule has 2 rings (SSSR count). The third-order valence-electron chi connectivity index (χ3n) is 3.01. The molecule has 0 saturated heterocycles. The highest BCUT2D eigenvalue weighted by atomic mass is 19.2. The first-order valence-electron chi connectivity index (χ1n) is 6.17. The van der Waals surface area contributed by atoms with Gasteiger partial charge in [-0.1, -0.05) is 25.1 Å². The molecule has 3 N–H and O–H groups in total. The van der Waals surface area contributed by atoms with E-state index in [2.05, 4.69) is 5.32 Å². The van der Waals surface area contributed by atoms with E-state index in [-0.39, 0.29) is 11.4 Å². The van der Waals surface area contributed by atoms with Crippen LogP contribution in [0, 0.1) is 11.6 Å². The lowest BCUT2D eigenvalue weighted by atomic mass is 10.0. The maximum atomic E-state index is 13.7. The van der Waals surface area contributed by atoms with Crippen molar-refractivity contribution in [1.29, 1.82) is 0 Å². The number of anilines is 2. The molecular formula is C15H14F2N2O. The molecule has 0 radical (unpaired) electrons. The highest BCUT2D eigenvalue weighted by molar-refractivity contribution is 6.06. The minimum Gasteiger partial charge on any atom is -0.397 e. The highest BCUT2D eigenvalue weighted by Gasteiger charge is 2.16. The molecular weight excluding hydrogens is 262 g/mol. The maximum absolute atomic E-state index is 13.7. The maximum Gasteiger partial charge on any atom is 0.256 e. The van der Waals surface area contributed by atoms with Crippen LogP contribution in [0.2, 0.25) is 0 Å². The van der Waals surface area contributed by atoms with E-state index in [1.54, 1.807) is 18.2 Å². The zero-order valence-corrected chi connectivity index (χ0v) is 10.9. The molecule has 0 heterocycles. The lowest BCUT2D eigenvalue weighted by Gasteiger charge is -2.11. The molecule has 0 fully saturated rings. The summed E-state index contributed by atoms with van der Waals surface area (Å²) in [5.74, 6) is -2.73. The molecule has 3 nitrogen and oxygen atoms in total. The molecule has 0 aliphatic heterocycles. The molecule has 0 aromatic heterocycles. The number of rotatable bonds is 3. The minimum absolute atomic E-state index is 0.0220. The zero-order chi connectivity index (χ0) is 14.7. The van der Waals surface area contributed by atoms with Gasteiger partial charge in [-0.3, -0.25) is 4.79 Å². The van der Waals surface area contributed by atoms with Crippen molar-refractivity contribution in [2.75, 3.05) is 11.1 Å². The molecule has 0 aliphatic carbocycles. The Hall–Kier alpha value is -2.43. The Morgan fingerprint density at radius 3 is 2.60 bits per heavy atom. The molecule has 0 saturated carbocycles. The predicted molar refractivity (Wildman–Crippen MR) is 74.5 cm³/mol. The van der Waals surface area contributed by atoms with E-state index in [0.717, 1.165) is 11.6 Å². The van der Waals surface area contributed by atoms with Crippen molar-refractivity contribution in [3.63, 3.8) is 0 Å². The molecule has 2 aromatic rings. The lowest BCUT2D eigenvalue weighted by Crippen LogP contribution is -2.16. The van der Waals surface area contributed by atoms with Gasteiger partial charge in [-0.2, -0.15) is 0 Å². The fourth-order valence-corrected chi connectivity index (χ4v) is 1.92. The molecule has 1 amide bonds. The topological polar surface area (TPSA) is 55.1 Å². The van der Waals surface area contributed by atoms with E-state index in [1.165, 1.54) is 6.07 Å². The largest absolute Gasteiger partial charge is 0.397 e. The number of carbonyl (C=O) groups is 1. The molecule has 0 spiro atoms. The Labute approximate surface area is 115 Å². The Bertz CT molecular complexity index is 656. The smallest absolute Gasteiger partial charge is 0.256 e. The number of nitrogens with two attached hydrogens (primary N) is 1. The summed E-state index contributed by atoms with van der Waals surface area (Å²) in [5, 5.41) is 2.33. The first kappa shape index (κ1) is 14.0. The van der Waals surface area contributed by atoms with Crippen LogP contribution in [0.3, 0.4) is 0 Å². The van der Waals surface area contributed by atoms with Crippen LogP contribution in [-0.2, 0) is 6.42 Å². The number of hydrogen-bond acceptors (Lipinski definition) is 2. The van der Waals surface area contributed by atoms with Gasteiger partial charge >= 0.3 is 0 Å². The van der Waals surface area contributed by atoms with E-state index < -0.39 is 17.5 Å². The molecule has 20 heavy (non-hydrogen) atoms. The SMILES string of the molecule is CCc1ccccc1C(=O)Nc1c(N)ccc(F)c1F. The number of carbonyl (C=O) groups excluding carboxylic acids is 1. The van der Waals surface area contributed by atoms with Crippen molar-refractivity contribution in [3.8, 4) is 0 Å². The van der Waals surface area contributed by atoms with Crippen LogP contribution in [0.15, 0.2) is 36.4 Å². The van der Waals surface area contributed by atoms with Crippen LogP contribution in [-0.4, -0.2) is 5.91 Å². The second kappa shape index (κ2) is 5.69. The minimum atomic E-state index is -1.16. The summed E-state index contributed by atoms with van der Waals surface area (Å²) in [7, 11) is 0. The fourth-order valence-electron chi connectivity index (χ4n) is 1.92. The van der Waals surface area contributed by atoms with Crippen LogP contribution < -0.4 is 11.1 Å². The Morgan fingerprint density at radius 2 is 1.90 bits per heavy atom. The van der Waals surface area contributed by atoms with Gasteiger partial charge in [0.2, 0.25) is 0 Å². The van der Waals surface area contributed by atoms with Crippen molar-refractivity contribution in [3.05, 3.63) is 59.2 Å². The fraction of sp³-hybridized carbons (Fsp3) is 0.133. The van der Waals surface area contributed by atoms with Crippen LogP contribution >= 0.6 is 0 Å². The molecule has 0 bridgehead atoms. The van der Waals surface area contributed by atoms with E-state index in [4.69, 9.17) is 5.73 Å².